The minimum atomic E-state index is -1.91. The van der Waals surface area contributed by atoms with Crippen LogP contribution < -0.4 is 0 Å². The van der Waals surface area contributed by atoms with Crippen LogP contribution in [0.2, 0.25) is 0 Å². The monoisotopic (exact) mass is 1170 g/mol. The average Bonchev–Trinajstić information content (AvgIpc) is 3.57. The summed E-state index contributed by atoms with van der Waals surface area (Å²) in [7, 11) is 0. The van der Waals surface area contributed by atoms with Gasteiger partial charge < -0.3 is 39.0 Å². The summed E-state index contributed by atoms with van der Waals surface area (Å²) in [6.45, 7) is 6.02. The Morgan fingerprint density at radius 3 is 1.12 bits per heavy atom. The normalized spacial score (nSPS) is 17.7. The van der Waals surface area contributed by atoms with Crippen molar-refractivity contribution in [2.24, 2.45) is 0 Å². The largest absolute Gasteiger partial charge is 0.479 e. The SMILES string of the molecule is CCCCC/C=C\C/C=C\CCCCCCCC(=O)OC1C(OCC(COC(=O)CCCCCCCCCCC/C=C\CCCCCCCC)OC(=O)CCCCCCCCCCCCCCCCCCCCC)OC(C(=O)O)C(O)C1O. The van der Waals surface area contributed by atoms with Gasteiger partial charge in [0.05, 0.1) is 6.61 Å². The van der Waals surface area contributed by atoms with Crippen LogP contribution in [0.4, 0.5) is 0 Å². The maximum Gasteiger partial charge on any atom is 0.335 e. The van der Waals surface area contributed by atoms with Crippen LogP contribution in [0.25, 0.3) is 0 Å². The molecule has 1 saturated heterocycles. The van der Waals surface area contributed by atoms with Gasteiger partial charge in [0.2, 0.25) is 0 Å². The van der Waals surface area contributed by atoms with Crippen LogP contribution in [0, 0.1) is 0 Å². The first-order valence-electron chi connectivity index (χ1n) is 35.0. The Bertz CT molecular complexity index is 1580. The van der Waals surface area contributed by atoms with Gasteiger partial charge in [0.1, 0.15) is 18.8 Å². The molecular formula is C71H128O12. The van der Waals surface area contributed by atoms with Crippen LogP contribution in [0.3, 0.4) is 0 Å². The predicted molar refractivity (Wildman–Crippen MR) is 340 cm³/mol. The summed E-state index contributed by atoms with van der Waals surface area (Å²) in [5, 5.41) is 31.6. The van der Waals surface area contributed by atoms with Crippen molar-refractivity contribution in [1.82, 2.24) is 0 Å². The van der Waals surface area contributed by atoms with Crippen LogP contribution in [0.5, 0.6) is 0 Å². The van der Waals surface area contributed by atoms with E-state index < -0.39 is 67.3 Å². The highest BCUT2D eigenvalue weighted by molar-refractivity contribution is 5.74. The second-order valence-corrected chi connectivity index (χ2v) is 24.2. The first-order chi connectivity index (χ1) is 40.6. The topological polar surface area (TPSA) is 175 Å². The highest BCUT2D eigenvalue weighted by Crippen LogP contribution is 2.27. The maximum atomic E-state index is 13.2. The van der Waals surface area contributed by atoms with Gasteiger partial charge in [0.15, 0.2) is 24.6 Å². The Labute approximate surface area is 508 Å². The van der Waals surface area contributed by atoms with Gasteiger partial charge in [0, 0.05) is 19.3 Å². The number of unbranched alkanes of at least 4 members (excludes halogenated alkanes) is 41. The molecule has 12 nitrogen and oxygen atoms in total. The molecule has 484 valence electrons. The zero-order valence-corrected chi connectivity index (χ0v) is 53.7. The lowest BCUT2D eigenvalue weighted by Crippen LogP contribution is -2.61. The molecule has 1 aliphatic heterocycles. The van der Waals surface area contributed by atoms with Gasteiger partial charge in [-0.25, -0.2) is 4.79 Å². The van der Waals surface area contributed by atoms with Gasteiger partial charge >= 0.3 is 23.9 Å². The van der Waals surface area contributed by atoms with Gasteiger partial charge in [-0.1, -0.05) is 282 Å². The fourth-order valence-electron chi connectivity index (χ4n) is 10.8. The van der Waals surface area contributed by atoms with Crippen molar-refractivity contribution in [1.29, 1.82) is 0 Å². The standard InChI is InChI=1S/C71H128O12/c1-4-7-10-13-16-19-22-25-28-30-32-34-37-39-42-45-48-51-54-57-63(72)79-60-62(81-64(73)58-55-52-49-46-43-41-38-35-33-31-29-26-23-20-17-14-11-8-5-2)61-80-71-69(67(76)66(75)68(83-71)70(77)78)82-65(74)59-56-53-50-47-44-40-36-27-24-21-18-15-12-9-6-3/h18,21,25,27-28,36,62,66-69,71,75-76H,4-17,19-20,22-24,26,29-35,37-61H2,1-3H3,(H,77,78)/b21-18-,28-25-,36-27-. The van der Waals surface area contributed by atoms with Gasteiger partial charge in [-0.15, -0.1) is 0 Å². The molecule has 0 spiro atoms. The fraction of sp³-hybridized carbons (Fsp3) is 0.859. The van der Waals surface area contributed by atoms with Crippen LogP contribution in [-0.4, -0.2) is 89.2 Å². The third kappa shape index (κ3) is 48.7. The summed E-state index contributed by atoms with van der Waals surface area (Å²) in [5.41, 5.74) is 0. The number of carboxylic acids is 1. The third-order valence-electron chi connectivity index (χ3n) is 16.2. The summed E-state index contributed by atoms with van der Waals surface area (Å²) in [4.78, 5) is 51.4. The highest BCUT2D eigenvalue weighted by Gasteiger charge is 2.50. The molecule has 1 rings (SSSR count). The molecule has 83 heavy (non-hydrogen) atoms. The molecule has 0 amide bonds. The van der Waals surface area contributed by atoms with E-state index in [2.05, 4.69) is 57.2 Å². The number of carbonyl (C=O) groups excluding carboxylic acids is 3. The number of ether oxygens (including phenoxy) is 5. The van der Waals surface area contributed by atoms with Crippen molar-refractivity contribution in [2.45, 2.75) is 379 Å². The maximum absolute atomic E-state index is 13.2. The molecule has 0 saturated carbocycles. The van der Waals surface area contributed by atoms with E-state index in [1.807, 2.05) is 0 Å². The van der Waals surface area contributed by atoms with Crippen LogP contribution >= 0.6 is 0 Å². The second kappa shape index (κ2) is 59.3. The first kappa shape index (κ1) is 78.0. The van der Waals surface area contributed by atoms with Crippen molar-refractivity contribution in [3.05, 3.63) is 36.5 Å². The highest BCUT2D eigenvalue weighted by atomic mass is 16.7. The summed E-state index contributed by atoms with van der Waals surface area (Å²) in [5.74, 6) is -3.10. The van der Waals surface area contributed by atoms with Crippen molar-refractivity contribution >= 4 is 23.9 Å². The number of rotatable bonds is 61. The van der Waals surface area contributed by atoms with Gasteiger partial charge in [-0.05, 0) is 77.0 Å². The number of aliphatic carboxylic acids is 1. The molecule has 0 aromatic carbocycles. The average molecular weight is 1170 g/mol. The van der Waals surface area contributed by atoms with Crippen LogP contribution in [0.15, 0.2) is 36.5 Å². The summed E-state index contributed by atoms with van der Waals surface area (Å²) >= 11 is 0. The van der Waals surface area contributed by atoms with Gasteiger partial charge in [0.25, 0.3) is 0 Å². The van der Waals surface area contributed by atoms with E-state index in [9.17, 15) is 34.5 Å². The first-order valence-corrected chi connectivity index (χ1v) is 35.0. The predicted octanol–water partition coefficient (Wildman–Crippen LogP) is 19.1. The molecule has 0 aliphatic carbocycles. The number of allylic oxidation sites excluding steroid dienone is 6. The van der Waals surface area contributed by atoms with E-state index in [4.69, 9.17) is 23.7 Å². The number of hydrogen-bond donors (Lipinski definition) is 3. The van der Waals surface area contributed by atoms with E-state index >= 15 is 0 Å². The number of esters is 3. The third-order valence-corrected chi connectivity index (χ3v) is 16.2. The van der Waals surface area contributed by atoms with E-state index in [0.717, 1.165) is 83.5 Å². The zero-order valence-electron chi connectivity index (χ0n) is 53.7. The van der Waals surface area contributed by atoms with Crippen molar-refractivity contribution < 1.29 is 58.2 Å². The summed E-state index contributed by atoms with van der Waals surface area (Å²) < 4.78 is 28.6. The lowest BCUT2D eigenvalue weighted by Gasteiger charge is -2.40. The molecule has 12 heteroatoms. The molecule has 3 N–H and O–H groups in total. The fourth-order valence-corrected chi connectivity index (χ4v) is 10.8. The van der Waals surface area contributed by atoms with Crippen molar-refractivity contribution in [2.75, 3.05) is 13.2 Å². The lowest BCUT2D eigenvalue weighted by atomic mass is 9.98. The summed E-state index contributed by atoms with van der Waals surface area (Å²) in [6.07, 6.45) is 59.6. The molecule has 1 heterocycles. The number of hydrogen-bond acceptors (Lipinski definition) is 11. The molecule has 1 aliphatic rings. The Balaban J connectivity index is 2.62. The van der Waals surface area contributed by atoms with E-state index in [0.29, 0.717) is 19.3 Å². The van der Waals surface area contributed by atoms with E-state index in [1.165, 1.54) is 199 Å². The van der Waals surface area contributed by atoms with E-state index in [1.54, 1.807) is 0 Å². The van der Waals surface area contributed by atoms with Crippen LogP contribution in [0.1, 0.15) is 342 Å². The van der Waals surface area contributed by atoms with Gasteiger partial charge in [-0.2, -0.15) is 0 Å². The Morgan fingerprint density at radius 2 is 0.723 bits per heavy atom. The number of carbonyl (C=O) groups is 4. The minimum Gasteiger partial charge on any atom is -0.479 e. The van der Waals surface area contributed by atoms with E-state index in [-0.39, 0.29) is 25.9 Å². The molecule has 6 atom stereocenters. The molecule has 0 aromatic heterocycles. The number of carboxylic acid groups (broad SMARTS) is 1. The summed E-state index contributed by atoms with van der Waals surface area (Å²) in [6, 6.07) is 0. The number of aliphatic hydroxyl groups excluding tert-OH is 2. The molecule has 0 aromatic rings. The quantitative estimate of drug-likeness (QED) is 0.0228. The molecular weight excluding hydrogens is 1040 g/mol. The Hall–Kier alpha value is -3.06. The number of aliphatic hydroxyl groups is 2. The molecule has 0 bridgehead atoms. The lowest BCUT2D eigenvalue weighted by molar-refractivity contribution is -0.301. The smallest absolute Gasteiger partial charge is 0.335 e. The Kier molecular flexibility index (Phi) is 55.7. The molecule has 0 radical (unpaired) electrons. The van der Waals surface area contributed by atoms with Crippen LogP contribution in [-0.2, 0) is 42.9 Å². The minimum absolute atomic E-state index is 0.0479. The van der Waals surface area contributed by atoms with Gasteiger partial charge in [-0.3, -0.25) is 14.4 Å². The van der Waals surface area contributed by atoms with Crippen molar-refractivity contribution in [3.63, 3.8) is 0 Å². The zero-order chi connectivity index (χ0) is 60.3. The Morgan fingerprint density at radius 1 is 0.398 bits per heavy atom. The molecule has 6 unspecified atom stereocenters. The second-order valence-electron chi connectivity index (χ2n) is 24.2. The molecule has 1 fully saturated rings. The van der Waals surface area contributed by atoms with Crippen molar-refractivity contribution in [3.8, 4) is 0 Å².